The molecule has 0 spiro atoms. The number of carbonyl (C=O) groups excluding carboxylic acids is 2. The molecule has 1 amide bonds. The number of aliphatic hydroxyl groups is 2. The van der Waals surface area contributed by atoms with Crippen molar-refractivity contribution in [2.24, 2.45) is 0 Å². The zero-order valence-electron chi connectivity index (χ0n) is 55.5. The Kier molecular flexibility index (Phi) is 69.9. The maximum atomic E-state index is 12.5. The lowest BCUT2D eigenvalue weighted by molar-refractivity contribution is -0.143. The number of hydrogen-bond donors (Lipinski definition) is 3. The average Bonchev–Trinajstić information content (AvgIpc) is 3.48. The van der Waals surface area contributed by atoms with E-state index in [1.807, 2.05) is 6.08 Å². The molecular formula is C76H145NO5. The molecule has 0 aromatic carbocycles. The molecule has 6 nitrogen and oxygen atoms in total. The topological polar surface area (TPSA) is 95.9 Å². The minimum absolute atomic E-state index is 0.0301. The van der Waals surface area contributed by atoms with Crippen LogP contribution in [0.5, 0.6) is 0 Å². The fraction of sp³-hybridized carbons (Fsp3) is 0.895. The van der Waals surface area contributed by atoms with Gasteiger partial charge >= 0.3 is 5.97 Å². The third-order valence-corrected chi connectivity index (χ3v) is 17.4. The van der Waals surface area contributed by atoms with Crippen molar-refractivity contribution in [3.63, 3.8) is 0 Å². The summed E-state index contributed by atoms with van der Waals surface area (Å²) in [5, 5.41) is 23.3. The van der Waals surface area contributed by atoms with Crippen LogP contribution in [0.4, 0.5) is 0 Å². The second-order valence-electron chi connectivity index (χ2n) is 25.6. The number of aliphatic hydroxyl groups excluding tert-OH is 2. The fourth-order valence-corrected chi connectivity index (χ4v) is 11.8. The van der Waals surface area contributed by atoms with E-state index in [9.17, 15) is 19.8 Å². The van der Waals surface area contributed by atoms with Gasteiger partial charge in [-0.05, 0) is 51.4 Å². The Morgan fingerprint density at radius 3 is 0.927 bits per heavy atom. The van der Waals surface area contributed by atoms with E-state index in [-0.39, 0.29) is 18.5 Å². The lowest BCUT2D eigenvalue weighted by atomic mass is 10.0. The van der Waals surface area contributed by atoms with Crippen LogP contribution in [0.15, 0.2) is 36.5 Å². The Hall–Kier alpha value is -1.92. The van der Waals surface area contributed by atoms with Crippen LogP contribution in [-0.4, -0.2) is 47.4 Å². The van der Waals surface area contributed by atoms with E-state index in [1.165, 1.54) is 334 Å². The maximum absolute atomic E-state index is 12.5. The molecule has 0 rings (SSSR count). The molecule has 2 unspecified atom stereocenters. The Morgan fingerprint density at radius 1 is 0.341 bits per heavy atom. The summed E-state index contributed by atoms with van der Waals surface area (Å²) in [6.07, 6.45) is 92.5. The molecule has 0 aromatic heterocycles. The number of hydrogen-bond acceptors (Lipinski definition) is 5. The molecule has 0 aliphatic heterocycles. The normalized spacial score (nSPS) is 12.7. The standard InChI is InChI=1S/C76H145NO5/c1-3-5-7-9-11-13-15-17-19-21-23-24-25-26-27-29-33-36-40-44-48-52-56-60-64-68-74(79)73(72-78)77-75(80)69-65-61-57-53-49-45-41-37-34-30-28-31-35-39-43-47-51-55-59-63-67-71-82-76(81)70-66-62-58-54-50-46-42-38-32-22-20-18-16-14-12-10-8-6-4-2/h47,51,59,63-64,68,73-74,78-79H,3-46,48-50,52-58,60-62,65-67,69-72H2,1-2H3,(H,77,80)/b51-47-,63-59-,68-64+. The summed E-state index contributed by atoms with van der Waals surface area (Å²) in [7, 11) is 0. The fourth-order valence-electron chi connectivity index (χ4n) is 11.8. The second-order valence-corrected chi connectivity index (χ2v) is 25.6. The van der Waals surface area contributed by atoms with E-state index in [0.717, 1.165) is 51.4 Å². The monoisotopic (exact) mass is 1150 g/mol. The van der Waals surface area contributed by atoms with E-state index < -0.39 is 12.1 Å². The van der Waals surface area contributed by atoms with Gasteiger partial charge < -0.3 is 20.3 Å². The largest absolute Gasteiger partial charge is 0.465 e. The SMILES string of the molecule is CCCCCCCCCCCCCCCCCCCCCCCCC/C=C/C(O)C(CO)NC(=O)CCCCCCCCCCCCCCCC/C=C\C/C=C\CCOC(=O)CCCCCCCCCCCCCCCCCCCCC. The van der Waals surface area contributed by atoms with Crippen LogP contribution in [0.3, 0.4) is 0 Å². The van der Waals surface area contributed by atoms with Gasteiger partial charge in [0.2, 0.25) is 5.91 Å². The molecule has 6 heteroatoms. The van der Waals surface area contributed by atoms with Crippen molar-refractivity contribution in [2.75, 3.05) is 13.2 Å². The molecule has 2 atom stereocenters. The summed E-state index contributed by atoms with van der Waals surface area (Å²) >= 11 is 0. The predicted octanol–water partition coefficient (Wildman–Crippen LogP) is 24.3. The molecular weight excluding hydrogens is 1010 g/mol. The minimum Gasteiger partial charge on any atom is -0.465 e. The zero-order valence-corrected chi connectivity index (χ0v) is 55.5. The summed E-state index contributed by atoms with van der Waals surface area (Å²) in [5.41, 5.74) is 0. The Labute approximate surface area is 513 Å². The molecule has 82 heavy (non-hydrogen) atoms. The molecule has 0 saturated heterocycles. The lowest BCUT2D eigenvalue weighted by Crippen LogP contribution is -2.45. The molecule has 0 radical (unpaired) electrons. The minimum atomic E-state index is -0.850. The highest BCUT2D eigenvalue weighted by molar-refractivity contribution is 5.76. The lowest BCUT2D eigenvalue weighted by Gasteiger charge is -2.20. The number of carbonyl (C=O) groups is 2. The Morgan fingerprint density at radius 2 is 0.610 bits per heavy atom. The summed E-state index contributed by atoms with van der Waals surface area (Å²) in [6, 6.07) is -0.634. The van der Waals surface area contributed by atoms with E-state index in [4.69, 9.17) is 4.74 Å². The van der Waals surface area contributed by atoms with Crippen LogP contribution in [-0.2, 0) is 14.3 Å². The van der Waals surface area contributed by atoms with Gasteiger partial charge in [-0.25, -0.2) is 0 Å². The van der Waals surface area contributed by atoms with E-state index in [1.54, 1.807) is 6.08 Å². The number of esters is 1. The highest BCUT2D eigenvalue weighted by Crippen LogP contribution is 2.19. The molecule has 3 N–H and O–H groups in total. The van der Waals surface area contributed by atoms with Gasteiger partial charge in [-0.15, -0.1) is 0 Å². The third-order valence-electron chi connectivity index (χ3n) is 17.4. The molecule has 0 bridgehead atoms. The first-order valence-corrected chi connectivity index (χ1v) is 37.3. The van der Waals surface area contributed by atoms with Gasteiger partial charge in [0.1, 0.15) is 0 Å². The molecule has 0 aromatic rings. The molecule has 0 fully saturated rings. The van der Waals surface area contributed by atoms with Crippen LogP contribution in [0, 0.1) is 0 Å². The average molecular weight is 1150 g/mol. The number of amides is 1. The van der Waals surface area contributed by atoms with Crippen molar-refractivity contribution in [1.29, 1.82) is 0 Å². The van der Waals surface area contributed by atoms with Gasteiger partial charge in [0.05, 0.1) is 25.4 Å². The Balaban J connectivity index is 3.45. The first-order valence-electron chi connectivity index (χ1n) is 37.3. The summed E-state index contributed by atoms with van der Waals surface area (Å²) < 4.78 is 5.45. The number of nitrogens with one attached hydrogen (secondary N) is 1. The van der Waals surface area contributed by atoms with Crippen molar-refractivity contribution in [1.82, 2.24) is 5.32 Å². The number of unbranched alkanes of at least 4 members (excludes halogenated alkanes) is 55. The van der Waals surface area contributed by atoms with Gasteiger partial charge in [-0.2, -0.15) is 0 Å². The molecule has 0 aliphatic carbocycles. The van der Waals surface area contributed by atoms with Crippen LogP contribution in [0.1, 0.15) is 412 Å². The van der Waals surface area contributed by atoms with Crippen molar-refractivity contribution in [2.45, 2.75) is 424 Å². The van der Waals surface area contributed by atoms with Crippen LogP contribution in [0.25, 0.3) is 0 Å². The smallest absolute Gasteiger partial charge is 0.305 e. The van der Waals surface area contributed by atoms with Gasteiger partial charge in [0.25, 0.3) is 0 Å². The summed E-state index contributed by atoms with van der Waals surface area (Å²) in [5.74, 6) is -0.0984. The van der Waals surface area contributed by atoms with E-state index in [2.05, 4.69) is 43.5 Å². The number of allylic oxidation sites excluding steroid dienone is 4. The predicted molar refractivity (Wildman–Crippen MR) is 361 cm³/mol. The van der Waals surface area contributed by atoms with Crippen molar-refractivity contribution >= 4 is 11.9 Å². The van der Waals surface area contributed by atoms with Crippen molar-refractivity contribution in [3.8, 4) is 0 Å². The Bertz CT molecular complexity index is 1330. The van der Waals surface area contributed by atoms with Gasteiger partial charge in [-0.3, -0.25) is 9.59 Å². The van der Waals surface area contributed by atoms with Gasteiger partial charge in [-0.1, -0.05) is 384 Å². The van der Waals surface area contributed by atoms with E-state index in [0.29, 0.717) is 19.4 Å². The van der Waals surface area contributed by atoms with Crippen LogP contribution < -0.4 is 5.32 Å². The van der Waals surface area contributed by atoms with Crippen LogP contribution >= 0.6 is 0 Å². The molecule has 0 heterocycles. The zero-order chi connectivity index (χ0) is 59.2. The summed E-state index contributed by atoms with van der Waals surface area (Å²) in [6.45, 7) is 4.84. The number of rotatable bonds is 70. The summed E-state index contributed by atoms with van der Waals surface area (Å²) in [4.78, 5) is 24.6. The quantitative estimate of drug-likeness (QED) is 0.0320. The number of ether oxygens (including phenoxy) is 1. The third kappa shape index (κ3) is 67.2. The second kappa shape index (κ2) is 71.6. The molecule has 484 valence electrons. The maximum Gasteiger partial charge on any atom is 0.305 e. The van der Waals surface area contributed by atoms with E-state index >= 15 is 0 Å². The van der Waals surface area contributed by atoms with Crippen molar-refractivity contribution < 1.29 is 24.5 Å². The highest BCUT2D eigenvalue weighted by atomic mass is 16.5. The first-order chi connectivity index (χ1) is 40.5. The van der Waals surface area contributed by atoms with Gasteiger partial charge in [0, 0.05) is 12.8 Å². The molecule has 0 aliphatic rings. The highest BCUT2D eigenvalue weighted by Gasteiger charge is 2.18. The van der Waals surface area contributed by atoms with Gasteiger partial charge in [0.15, 0.2) is 0 Å². The van der Waals surface area contributed by atoms with Crippen LogP contribution in [0.2, 0.25) is 0 Å². The first kappa shape index (κ1) is 80.1. The van der Waals surface area contributed by atoms with Crippen molar-refractivity contribution in [3.05, 3.63) is 36.5 Å². The molecule has 0 saturated carbocycles.